The molecule has 3 fully saturated rings. The van der Waals surface area contributed by atoms with Gasteiger partial charge < -0.3 is 4.74 Å². The van der Waals surface area contributed by atoms with Crippen molar-refractivity contribution in [3.05, 3.63) is 29.8 Å². The molecule has 0 bridgehead atoms. The second-order valence-corrected chi connectivity index (χ2v) is 10.5. The lowest BCUT2D eigenvalue weighted by Gasteiger charge is -2.45. The van der Waals surface area contributed by atoms with Crippen molar-refractivity contribution < 1.29 is 13.5 Å². The highest BCUT2D eigenvalue weighted by Crippen LogP contribution is 2.50. The lowest BCUT2D eigenvalue weighted by Crippen LogP contribution is -2.34. The highest BCUT2D eigenvalue weighted by atomic mass is 19.3. The van der Waals surface area contributed by atoms with Crippen LogP contribution < -0.4 is 4.74 Å². The van der Waals surface area contributed by atoms with Gasteiger partial charge in [-0.25, -0.2) is 0 Å². The number of alkyl halides is 2. The van der Waals surface area contributed by atoms with Crippen molar-refractivity contribution in [2.45, 2.75) is 103 Å². The molecule has 0 N–H and O–H groups in total. The molecule has 3 aliphatic carbocycles. The molecule has 3 saturated carbocycles. The van der Waals surface area contributed by atoms with Gasteiger partial charge >= 0.3 is 6.61 Å². The number of benzene rings is 1. The van der Waals surface area contributed by atoms with E-state index in [0.29, 0.717) is 5.92 Å². The van der Waals surface area contributed by atoms with Gasteiger partial charge in [0.15, 0.2) is 0 Å². The quantitative estimate of drug-likeness (QED) is 0.431. The lowest BCUT2D eigenvalue weighted by atomic mass is 9.60. The number of hydrogen-bond donors (Lipinski definition) is 0. The monoisotopic (exact) mass is 418 g/mol. The minimum Gasteiger partial charge on any atom is -0.435 e. The molecule has 1 aromatic rings. The summed E-state index contributed by atoms with van der Waals surface area (Å²) in [5, 5.41) is 0. The van der Waals surface area contributed by atoms with Crippen LogP contribution in [0.2, 0.25) is 0 Å². The summed E-state index contributed by atoms with van der Waals surface area (Å²) in [6.07, 6.45) is 18.4. The fourth-order valence-electron chi connectivity index (χ4n) is 7.05. The predicted molar refractivity (Wildman–Crippen MR) is 119 cm³/mol. The van der Waals surface area contributed by atoms with Crippen molar-refractivity contribution in [1.29, 1.82) is 0 Å². The van der Waals surface area contributed by atoms with Gasteiger partial charge in [0, 0.05) is 0 Å². The maximum atomic E-state index is 12.3. The Bertz CT molecular complexity index is 635. The first-order valence-corrected chi connectivity index (χ1v) is 12.7. The number of unbranched alkanes of at least 4 members (excludes halogenated alkanes) is 1. The molecule has 0 heterocycles. The molecule has 4 rings (SSSR count). The third-order valence-corrected chi connectivity index (χ3v) is 8.74. The summed E-state index contributed by atoms with van der Waals surface area (Å²) in [6.45, 7) is -0.421. The van der Waals surface area contributed by atoms with E-state index in [-0.39, 0.29) is 5.75 Å². The summed E-state index contributed by atoms with van der Waals surface area (Å²) in [5.41, 5.74) is 1.30. The summed E-state index contributed by atoms with van der Waals surface area (Å²) in [4.78, 5) is 0. The Morgan fingerprint density at radius 2 is 1.40 bits per heavy atom. The fourth-order valence-corrected chi connectivity index (χ4v) is 7.05. The molecular weight excluding hydrogens is 378 g/mol. The van der Waals surface area contributed by atoms with Crippen LogP contribution in [-0.4, -0.2) is 6.61 Å². The molecule has 168 valence electrons. The minimum absolute atomic E-state index is 0.267. The molecule has 4 atom stereocenters. The highest BCUT2D eigenvalue weighted by molar-refractivity contribution is 5.29. The molecule has 1 nitrogen and oxygen atoms in total. The molecular formula is C27H40F2O. The first-order chi connectivity index (χ1) is 14.6. The third kappa shape index (κ3) is 5.56. The van der Waals surface area contributed by atoms with Crippen LogP contribution in [0.5, 0.6) is 5.75 Å². The summed E-state index contributed by atoms with van der Waals surface area (Å²) in [6, 6.07) is 7.38. The SMILES string of the molecule is CCCCC1CCC2CC(C3CCC(c4ccc(OC(F)F)cc4)CC3)CCC2C1. The van der Waals surface area contributed by atoms with Gasteiger partial charge in [-0.15, -0.1) is 0 Å². The van der Waals surface area contributed by atoms with Crippen molar-refractivity contribution in [2.24, 2.45) is 29.6 Å². The molecule has 0 spiro atoms. The van der Waals surface area contributed by atoms with E-state index in [1.165, 1.54) is 89.0 Å². The largest absolute Gasteiger partial charge is 0.435 e. The van der Waals surface area contributed by atoms with Crippen LogP contribution in [0, 0.1) is 29.6 Å². The minimum atomic E-state index is -2.74. The van der Waals surface area contributed by atoms with Gasteiger partial charge in [0.05, 0.1) is 0 Å². The van der Waals surface area contributed by atoms with E-state index in [1.54, 1.807) is 12.1 Å². The zero-order valence-electron chi connectivity index (χ0n) is 18.7. The number of halogens is 2. The second-order valence-electron chi connectivity index (χ2n) is 10.5. The molecule has 1 aromatic carbocycles. The average Bonchev–Trinajstić information content (AvgIpc) is 2.77. The Kier molecular flexibility index (Phi) is 7.70. The molecule has 0 aliphatic heterocycles. The van der Waals surface area contributed by atoms with Crippen LogP contribution in [-0.2, 0) is 0 Å². The maximum Gasteiger partial charge on any atom is 0.387 e. The highest BCUT2D eigenvalue weighted by Gasteiger charge is 2.38. The van der Waals surface area contributed by atoms with Crippen LogP contribution >= 0.6 is 0 Å². The average molecular weight is 419 g/mol. The van der Waals surface area contributed by atoms with Crippen LogP contribution in [0.25, 0.3) is 0 Å². The number of hydrogen-bond acceptors (Lipinski definition) is 1. The Balaban J connectivity index is 1.23. The Hall–Kier alpha value is -1.12. The van der Waals surface area contributed by atoms with Crippen molar-refractivity contribution in [1.82, 2.24) is 0 Å². The Morgan fingerprint density at radius 3 is 2.07 bits per heavy atom. The number of fused-ring (bicyclic) bond motifs is 1. The Labute approximate surface area is 182 Å². The van der Waals surface area contributed by atoms with Gasteiger partial charge in [-0.3, -0.25) is 0 Å². The zero-order valence-corrected chi connectivity index (χ0v) is 18.7. The van der Waals surface area contributed by atoms with Crippen molar-refractivity contribution in [3.63, 3.8) is 0 Å². The van der Waals surface area contributed by atoms with E-state index in [0.717, 1.165) is 29.6 Å². The smallest absolute Gasteiger partial charge is 0.387 e. The molecule has 0 aromatic heterocycles. The van der Waals surface area contributed by atoms with Gasteiger partial charge in [-0.1, -0.05) is 44.7 Å². The maximum absolute atomic E-state index is 12.3. The first kappa shape index (κ1) is 22.1. The Morgan fingerprint density at radius 1 is 0.800 bits per heavy atom. The summed E-state index contributed by atoms with van der Waals surface area (Å²) >= 11 is 0. The van der Waals surface area contributed by atoms with Crippen molar-refractivity contribution >= 4 is 0 Å². The number of ether oxygens (including phenoxy) is 1. The van der Waals surface area contributed by atoms with E-state index in [4.69, 9.17) is 0 Å². The predicted octanol–water partition coefficient (Wildman–Crippen LogP) is 8.58. The van der Waals surface area contributed by atoms with E-state index in [9.17, 15) is 8.78 Å². The molecule has 3 aliphatic rings. The van der Waals surface area contributed by atoms with Gasteiger partial charge in [-0.05, 0) is 111 Å². The van der Waals surface area contributed by atoms with Gasteiger partial charge in [0.25, 0.3) is 0 Å². The first-order valence-electron chi connectivity index (χ1n) is 12.7. The fraction of sp³-hybridized carbons (Fsp3) is 0.778. The van der Waals surface area contributed by atoms with E-state index in [2.05, 4.69) is 11.7 Å². The van der Waals surface area contributed by atoms with Crippen molar-refractivity contribution in [3.8, 4) is 5.75 Å². The van der Waals surface area contributed by atoms with Crippen LogP contribution in [0.4, 0.5) is 8.78 Å². The third-order valence-electron chi connectivity index (χ3n) is 8.74. The van der Waals surface area contributed by atoms with Gasteiger partial charge in [0.2, 0.25) is 0 Å². The summed E-state index contributed by atoms with van der Waals surface area (Å²) in [7, 11) is 0. The molecule has 3 heteroatoms. The normalized spacial score (nSPS) is 34.5. The molecule has 30 heavy (non-hydrogen) atoms. The topological polar surface area (TPSA) is 9.23 Å². The van der Waals surface area contributed by atoms with E-state index in [1.807, 2.05) is 12.1 Å². The summed E-state index contributed by atoms with van der Waals surface area (Å²) in [5.74, 6) is 5.80. The number of rotatable bonds is 7. The molecule has 0 amide bonds. The second kappa shape index (κ2) is 10.5. The molecule has 0 saturated heterocycles. The standard InChI is InChI=1S/C27H40F2O/c1-2-3-4-19-5-6-25-18-24(12-11-23(25)17-19)22-9-7-20(8-10-22)21-13-15-26(16-14-21)30-27(28)29/h13-16,19-20,22-25,27H,2-12,17-18H2,1H3. The molecule has 4 unspecified atom stereocenters. The van der Waals surface area contributed by atoms with Gasteiger partial charge in [0.1, 0.15) is 5.75 Å². The van der Waals surface area contributed by atoms with Crippen molar-refractivity contribution in [2.75, 3.05) is 0 Å². The van der Waals surface area contributed by atoms with E-state index >= 15 is 0 Å². The zero-order chi connectivity index (χ0) is 20.9. The summed E-state index contributed by atoms with van der Waals surface area (Å²) < 4.78 is 29.2. The molecule has 0 radical (unpaired) electrons. The van der Waals surface area contributed by atoms with Gasteiger partial charge in [-0.2, -0.15) is 8.78 Å². The lowest BCUT2D eigenvalue weighted by molar-refractivity contribution is -0.0498. The van der Waals surface area contributed by atoms with Crippen LogP contribution in [0.15, 0.2) is 24.3 Å². The van der Waals surface area contributed by atoms with Crippen LogP contribution in [0.3, 0.4) is 0 Å². The van der Waals surface area contributed by atoms with E-state index < -0.39 is 6.61 Å². The van der Waals surface area contributed by atoms with Crippen LogP contribution in [0.1, 0.15) is 102 Å².